The van der Waals surface area contributed by atoms with Gasteiger partial charge in [-0.25, -0.2) is 4.79 Å². The predicted molar refractivity (Wildman–Crippen MR) is 85.5 cm³/mol. The number of ether oxygens (including phenoxy) is 1. The normalized spacial score (nSPS) is 12.4. The van der Waals surface area contributed by atoms with Gasteiger partial charge >= 0.3 is 5.97 Å². The first-order valence-corrected chi connectivity index (χ1v) is 7.59. The van der Waals surface area contributed by atoms with Crippen LogP contribution in [-0.4, -0.2) is 24.0 Å². The maximum Gasteiger partial charge on any atom is 0.373 e. The van der Waals surface area contributed by atoms with Crippen molar-refractivity contribution < 1.29 is 13.9 Å². The lowest BCUT2D eigenvalue weighted by atomic mass is 10.1. The van der Waals surface area contributed by atoms with Gasteiger partial charge in [-0.2, -0.15) is 0 Å². The van der Waals surface area contributed by atoms with Crippen molar-refractivity contribution in [2.45, 2.75) is 39.4 Å². The molecule has 22 heavy (non-hydrogen) atoms. The molecule has 0 spiro atoms. The van der Waals surface area contributed by atoms with Gasteiger partial charge in [0.2, 0.25) is 5.76 Å². The predicted octanol–water partition coefficient (Wildman–Crippen LogP) is 3.87. The van der Waals surface area contributed by atoms with Gasteiger partial charge in [0.15, 0.2) is 0 Å². The molecule has 1 atom stereocenters. The minimum absolute atomic E-state index is 0.251. The second-order valence-corrected chi connectivity index (χ2v) is 5.41. The average molecular weight is 301 g/mol. The highest BCUT2D eigenvalue weighted by molar-refractivity contribution is 5.86. The molecule has 0 amide bonds. The van der Waals surface area contributed by atoms with Gasteiger partial charge in [-0.1, -0.05) is 37.3 Å². The average Bonchev–Trinajstić information content (AvgIpc) is 3.02. The molecule has 4 heteroatoms. The number of carbonyl (C=O) groups is 1. The summed E-state index contributed by atoms with van der Waals surface area (Å²) in [6.07, 6.45) is 1.05. The van der Waals surface area contributed by atoms with Crippen molar-refractivity contribution >= 4 is 5.97 Å². The van der Waals surface area contributed by atoms with Crippen LogP contribution in [0.2, 0.25) is 0 Å². The summed E-state index contributed by atoms with van der Waals surface area (Å²) in [5.74, 6) is 0.586. The second-order valence-electron chi connectivity index (χ2n) is 5.41. The number of furan rings is 1. The molecule has 0 N–H and O–H groups in total. The third-order valence-corrected chi connectivity index (χ3v) is 3.85. The number of nitrogens with zero attached hydrogens (tertiary/aromatic N) is 1. The molecular weight excluding hydrogens is 278 g/mol. The molecule has 0 aliphatic heterocycles. The summed E-state index contributed by atoms with van der Waals surface area (Å²) in [5, 5.41) is 0. The topological polar surface area (TPSA) is 42.7 Å². The van der Waals surface area contributed by atoms with E-state index in [1.54, 1.807) is 6.07 Å². The van der Waals surface area contributed by atoms with Crippen LogP contribution in [-0.2, 0) is 17.8 Å². The van der Waals surface area contributed by atoms with E-state index in [0.29, 0.717) is 12.6 Å². The van der Waals surface area contributed by atoms with Crippen molar-refractivity contribution in [1.82, 2.24) is 4.90 Å². The van der Waals surface area contributed by atoms with Crippen molar-refractivity contribution in [1.29, 1.82) is 0 Å². The third kappa shape index (κ3) is 4.21. The first-order valence-electron chi connectivity index (χ1n) is 7.59. The van der Waals surface area contributed by atoms with E-state index in [9.17, 15) is 4.79 Å². The van der Waals surface area contributed by atoms with Gasteiger partial charge in [0.25, 0.3) is 0 Å². The quantitative estimate of drug-likeness (QED) is 0.728. The van der Waals surface area contributed by atoms with Crippen LogP contribution in [0.3, 0.4) is 0 Å². The summed E-state index contributed by atoms with van der Waals surface area (Å²) < 4.78 is 10.3. The summed E-state index contributed by atoms with van der Waals surface area (Å²) in [4.78, 5) is 13.8. The molecule has 0 radical (unpaired) electrons. The summed E-state index contributed by atoms with van der Waals surface area (Å²) in [7, 11) is 1.35. The number of esters is 1. The molecule has 0 saturated carbocycles. The minimum atomic E-state index is -0.440. The summed E-state index contributed by atoms with van der Waals surface area (Å²) in [5.41, 5.74) is 1.27. The Kier molecular flexibility index (Phi) is 5.78. The molecule has 1 unspecified atom stereocenters. The van der Waals surface area contributed by atoms with E-state index in [1.165, 1.54) is 12.7 Å². The summed E-state index contributed by atoms with van der Waals surface area (Å²) in [6, 6.07) is 14.3. The molecule has 0 aliphatic rings. The van der Waals surface area contributed by atoms with E-state index < -0.39 is 5.97 Å². The van der Waals surface area contributed by atoms with Crippen LogP contribution in [0.4, 0.5) is 0 Å². The Balaban J connectivity index is 2.09. The fraction of sp³-hybridized carbons (Fsp3) is 0.389. The number of hydrogen-bond acceptors (Lipinski definition) is 4. The van der Waals surface area contributed by atoms with Crippen LogP contribution in [0.1, 0.15) is 42.1 Å². The van der Waals surface area contributed by atoms with Crippen LogP contribution < -0.4 is 0 Å². The first-order chi connectivity index (χ1) is 10.6. The number of carbonyl (C=O) groups excluding carboxylic acids is 1. The molecular formula is C18H23NO3. The zero-order chi connectivity index (χ0) is 15.9. The highest BCUT2D eigenvalue weighted by Crippen LogP contribution is 2.17. The molecule has 1 aromatic carbocycles. The van der Waals surface area contributed by atoms with Crippen LogP contribution in [0, 0.1) is 0 Å². The zero-order valence-corrected chi connectivity index (χ0v) is 13.4. The van der Waals surface area contributed by atoms with Gasteiger partial charge in [0, 0.05) is 12.6 Å². The van der Waals surface area contributed by atoms with Crippen molar-refractivity contribution in [3.8, 4) is 0 Å². The fourth-order valence-corrected chi connectivity index (χ4v) is 2.32. The Morgan fingerprint density at radius 1 is 1.18 bits per heavy atom. The van der Waals surface area contributed by atoms with E-state index in [4.69, 9.17) is 4.42 Å². The van der Waals surface area contributed by atoms with E-state index >= 15 is 0 Å². The maximum atomic E-state index is 11.5. The summed E-state index contributed by atoms with van der Waals surface area (Å²) >= 11 is 0. The fourth-order valence-electron chi connectivity index (χ4n) is 2.32. The standard InChI is InChI=1S/C18H23NO3/c1-4-14(2)19(12-15-8-6-5-7-9-15)13-16-10-11-17(22-16)18(20)21-3/h5-11,14H,4,12-13H2,1-3H3. The smallest absolute Gasteiger partial charge is 0.373 e. The molecule has 2 rings (SSSR count). The van der Waals surface area contributed by atoms with Crippen molar-refractivity contribution in [2.75, 3.05) is 7.11 Å². The molecule has 0 bridgehead atoms. The first kappa shape index (κ1) is 16.3. The molecule has 2 aromatic rings. The van der Waals surface area contributed by atoms with Crippen LogP contribution in [0.25, 0.3) is 0 Å². The lowest BCUT2D eigenvalue weighted by molar-refractivity contribution is 0.0560. The summed E-state index contributed by atoms with van der Waals surface area (Å²) in [6.45, 7) is 5.89. The van der Waals surface area contributed by atoms with Gasteiger partial charge in [0.1, 0.15) is 5.76 Å². The number of rotatable bonds is 7. The van der Waals surface area contributed by atoms with Gasteiger partial charge in [-0.3, -0.25) is 4.90 Å². The van der Waals surface area contributed by atoms with Gasteiger partial charge in [0.05, 0.1) is 13.7 Å². The molecule has 0 saturated heterocycles. The van der Waals surface area contributed by atoms with Gasteiger partial charge in [-0.05, 0) is 31.0 Å². The number of hydrogen-bond donors (Lipinski definition) is 0. The van der Waals surface area contributed by atoms with Gasteiger partial charge in [-0.15, -0.1) is 0 Å². The van der Waals surface area contributed by atoms with Crippen molar-refractivity contribution in [3.63, 3.8) is 0 Å². The Labute approximate surface area is 131 Å². The second kappa shape index (κ2) is 7.80. The molecule has 4 nitrogen and oxygen atoms in total. The van der Waals surface area contributed by atoms with E-state index in [-0.39, 0.29) is 5.76 Å². The van der Waals surface area contributed by atoms with Gasteiger partial charge < -0.3 is 9.15 Å². The highest BCUT2D eigenvalue weighted by atomic mass is 16.5. The largest absolute Gasteiger partial charge is 0.463 e. The third-order valence-electron chi connectivity index (χ3n) is 3.85. The molecule has 0 fully saturated rings. The Morgan fingerprint density at radius 3 is 2.55 bits per heavy atom. The molecule has 118 valence electrons. The van der Waals surface area contributed by atoms with E-state index in [2.05, 4.69) is 35.6 Å². The van der Waals surface area contributed by atoms with E-state index in [1.807, 2.05) is 24.3 Å². The molecule has 1 aromatic heterocycles. The molecule has 0 aliphatic carbocycles. The Bertz CT molecular complexity index is 591. The lowest BCUT2D eigenvalue weighted by Gasteiger charge is -2.27. The van der Waals surface area contributed by atoms with Crippen molar-refractivity contribution in [2.24, 2.45) is 0 Å². The Hall–Kier alpha value is -2.07. The van der Waals surface area contributed by atoms with Crippen LogP contribution in [0.15, 0.2) is 46.9 Å². The maximum absolute atomic E-state index is 11.5. The number of methoxy groups -OCH3 is 1. The van der Waals surface area contributed by atoms with Crippen molar-refractivity contribution in [3.05, 3.63) is 59.5 Å². The van der Waals surface area contributed by atoms with Crippen LogP contribution >= 0.6 is 0 Å². The SMILES string of the molecule is CCC(C)N(Cc1ccccc1)Cc1ccc(C(=O)OC)o1. The highest BCUT2D eigenvalue weighted by Gasteiger charge is 2.17. The monoisotopic (exact) mass is 301 g/mol. The zero-order valence-electron chi connectivity index (χ0n) is 13.4. The Morgan fingerprint density at radius 2 is 1.91 bits per heavy atom. The lowest BCUT2D eigenvalue weighted by Crippen LogP contribution is -2.31. The molecule has 1 heterocycles. The van der Waals surface area contributed by atoms with E-state index in [0.717, 1.165) is 18.7 Å². The van der Waals surface area contributed by atoms with Crippen LogP contribution in [0.5, 0.6) is 0 Å². The minimum Gasteiger partial charge on any atom is -0.463 e. The number of benzene rings is 1.